The third-order valence-electron chi connectivity index (χ3n) is 2.24. The average Bonchev–Trinajstić information content (AvgIpc) is 2.28. The van der Waals surface area contributed by atoms with Crippen LogP contribution in [0, 0.1) is 17.2 Å². The first-order valence-electron chi connectivity index (χ1n) is 5.49. The van der Waals surface area contributed by atoms with Crippen molar-refractivity contribution >= 4 is 5.57 Å². The van der Waals surface area contributed by atoms with E-state index >= 15 is 0 Å². The molecule has 0 amide bonds. The molecule has 0 saturated carbocycles. The van der Waals surface area contributed by atoms with E-state index in [2.05, 4.69) is 32.0 Å². The molecule has 0 unspecified atom stereocenters. The van der Waals surface area contributed by atoms with Gasteiger partial charge in [0.15, 0.2) is 0 Å². The second-order valence-electron chi connectivity index (χ2n) is 4.17. The van der Waals surface area contributed by atoms with Crippen molar-refractivity contribution in [1.29, 1.82) is 5.26 Å². The van der Waals surface area contributed by atoms with Crippen molar-refractivity contribution in [2.75, 3.05) is 0 Å². The van der Waals surface area contributed by atoms with Crippen LogP contribution in [-0.4, -0.2) is 0 Å². The number of hydrogen-bond donors (Lipinski definition) is 0. The largest absolute Gasteiger partial charge is 0.192 e. The highest BCUT2D eigenvalue weighted by Crippen LogP contribution is 2.16. The summed E-state index contributed by atoms with van der Waals surface area (Å²) in [5.41, 5.74) is 3.01. The van der Waals surface area contributed by atoms with Crippen LogP contribution in [-0.2, 0) is 0 Å². The summed E-state index contributed by atoms with van der Waals surface area (Å²) >= 11 is 0. The highest BCUT2D eigenvalue weighted by molar-refractivity contribution is 5.67. The minimum Gasteiger partial charge on any atom is -0.192 e. The predicted octanol–water partition coefficient (Wildman–Crippen LogP) is 4.20. The Balaban J connectivity index is 2.97. The van der Waals surface area contributed by atoms with Crippen molar-refractivity contribution in [2.45, 2.75) is 20.8 Å². The molecule has 16 heavy (non-hydrogen) atoms. The van der Waals surface area contributed by atoms with Gasteiger partial charge in [0.2, 0.25) is 0 Å². The highest BCUT2D eigenvalue weighted by atomic mass is 14.2. The Kier molecular flexibility index (Phi) is 4.54. The molecule has 1 aromatic rings. The van der Waals surface area contributed by atoms with Crippen LogP contribution < -0.4 is 0 Å². The molecule has 1 rings (SSSR count). The van der Waals surface area contributed by atoms with E-state index < -0.39 is 0 Å². The van der Waals surface area contributed by atoms with Gasteiger partial charge in [-0.2, -0.15) is 5.26 Å². The first-order chi connectivity index (χ1) is 7.63. The summed E-state index contributed by atoms with van der Waals surface area (Å²) in [5, 5.41) is 9.01. The van der Waals surface area contributed by atoms with Crippen LogP contribution in [0.3, 0.4) is 0 Å². The lowest BCUT2D eigenvalue weighted by Crippen LogP contribution is -1.84. The van der Waals surface area contributed by atoms with E-state index in [1.807, 2.05) is 37.3 Å². The molecule has 0 aromatic heterocycles. The molecule has 0 heterocycles. The number of nitriles is 1. The fraction of sp³-hybridized carbons (Fsp3) is 0.267. The Labute approximate surface area is 97.7 Å². The lowest BCUT2D eigenvalue weighted by molar-refractivity contribution is 0.828. The monoisotopic (exact) mass is 211 g/mol. The molecule has 1 aromatic carbocycles. The molecule has 0 bridgehead atoms. The highest BCUT2D eigenvalue weighted by Gasteiger charge is 1.97. The van der Waals surface area contributed by atoms with Gasteiger partial charge in [0.05, 0.1) is 6.07 Å². The molecule has 1 heteroatoms. The normalized spacial score (nSPS) is 12.7. The smallest absolute Gasteiger partial charge is 0.0988 e. The van der Waals surface area contributed by atoms with E-state index in [1.54, 1.807) is 0 Å². The number of nitrogens with zero attached hydrogens (tertiary/aromatic N) is 1. The van der Waals surface area contributed by atoms with Crippen LogP contribution in [0.5, 0.6) is 0 Å². The minimum atomic E-state index is 0.398. The SMILES string of the molecule is C/C(=C\C(C#N)=C/C(C)C)c1ccccc1. The Morgan fingerprint density at radius 3 is 2.38 bits per heavy atom. The summed E-state index contributed by atoms with van der Waals surface area (Å²) in [6, 6.07) is 12.3. The fourth-order valence-corrected chi connectivity index (χ4v) is 1.49. The molecule has 0 N–H and O–H groups in total. The van der Waals surface area contributed by atoms with E-state index in [9.17, 15) is 0 Å². The first kappa shape index (κ1) is 12.3. The lowest BCUT2D eigenvalue weighted by atomic mass is 10.0. The maximum absolute atomic E-state index is 9.01. The number of benzene rings is 1. The van der Waals surface area contributed by atoms with Crippen LogP contribution in [0.15, 0.2) is 48.1 Å². The summed E-state index contributed by atoms with van der Waals surface area (Å²) in [6.07, 6.45) is 3.92. The van der Waals surface area contributed by atoms with Crippen LogP contribution in [0.4, 0.5) is 0 Å². The maximum atomic E-state index is 9.01. The van der Waals surface area contributed by atoms with Crippen LogP contribution >= 0.6 is 0 Å². The van der Waals surface area contributed by atoms with Crippen molar-refractivity contribution in [3.05, 3.63) is 53.6 Å². The van der Waals surface area contributed by atoms with Crippen molar-refractivity contribution in [3.8, 4) is 6.07 Å². The summed E-state index contributed by atoms with van der Waals surface area (Å²) in [7, 11) is 0. The van der Waals surface area contributed by atoms with Crippen molar-refractivity contribution in [3.63, 3.8) is 0 Å². The standard InChI is InChI=1S/C15H17N/c1-12(2)9-14(11-16)10-13(3)15-7-5-4-6-8-15/h4-10,12H,1-3H3/b13-10+,14-9+. The van der Waals surface area contributed by atoms with Gasteiger partial charge < -0.3 is 0 Å². The van der Waals surface area contributed by atoms with Gasteiger partial charge in [0.1, 0.15) is 0 Å². The van der Waals surface area contributed by atoms with Gasteiger partial charge in [-0.15, -0.1) is 0 Å². The quantitative estimate of drug-likeness (QED) is 0.543. The zero-order valence-electron chi connectivity index (χ0n) is 10.1. The van der Waals surface area contributed by atoms with E-state index in [4.69, 9.17) is 5.26 Å². The van der Waals surface area contributed by atoms with Gasteiger partial charge in [0, 0.05) is 5.57 Å². The van der Waals surface area contributed by atoms with Crippen LogP contribution in [0.25, 0.3) is 5.57 Å². The molecule has 0 atom stereocenters. The van der Waals surface area contributed by atoms with Crippen molar-refractivity contribution in [1.82, 2.24) is 0 Å². The van der Waals surface area contributed by atoms with Gasteiger partial charge in [-0.1, -0.05) is 50.3 Å². The molecule has 0 saturated heterocycles. The molecule has 0 spiro atoms. The molecule has 82 valence electrons. The number of hydrogen-bond acceptors (Lipinski definition) is 1. The average molecular weight is 211 g/mol. The maximum Gasteiger partial charge on any atom is 0.0988 e. The predicted molar refractivity (Wildman–Crippen MR) is 68.6 cm³/mol. The zero-order chi connectivity index (χ0) is 12.0. The number of allylic oxidation sites excluding steroid dienone is 4. The van der Waals surface area contributed by atoms with Gasteiger partial charge in [0.25, 0.3) is 0 Å². The third kappa shape index (κ3) is 3.74. The second kappa shape index (κ2) is 5.92. The zero-order valence-corrected chi connectivity index (χ0v) is 10.1. The fourth-order valence-electron chi connectivity index (χ4n) is 1.49. The van der Waals surface area contributed by atoms with Gasteiger partial charge in [-0.05, 0) is 30.1 Å². The van der Waals surface area contributed by atoms with Crippen LogP contribution in [0.1, 0.15) is 26.3 Å². The Morgan fingerprint density at radius 2 is 1.88 bits per heavy atom. The Morgan fingerprint density at radius 1 is 1.25 bits per heavy atom. The van der Waals surface area contributed by atoms with Gasteiger partial charge >= 0.3 is 0 Å². The van der Waals surface area contributed by atoms with E-state index in [1.165, 1.54) is 0 Å². The molecular formula is C15H17N. The molecule has 0 aliphatic carbocycles. The first-order valence-corrected chi connectivity index (χ1v) is 5.49. The van der Waals surface area contributed by atoms with E-state index in [0.717, 1.165) is 16.7 Å². The Hall–Kier alpha value is -1.81. The van der Waals surface area contributed by atoms with Crippen molar-refractivity contribution < 1.29 is 0 Å². The summed E-state index contributed by atoms with van der Waals surface area (Å²) < 4.78 is 0. The van der Waals surface area contributed by atoms with E-state index in [0.29, 0.717) is 5.92 Å². The minimum absolute atomic E-state index is 0.398. The lowest BCUT2D eigenvalue weighted by Gasteiger charge is -2.01. The molecule has 0 fully saturated rings. The van der Waals surface area contributed by atoms with Gasteiger partial charge in [-0.3, -0.25) is 0 Å². The van der Waals surface area contributed by atoms with Crippen LogP contribution in [0.2, 0.25) is 0 Å². The molecule has 0 aliphatic rings. The molecule has 0 aliphatic heterocycles. The summed E-state index contributed by atoms with van der Waals surface area (Å²) in [5.74, 6) is 0.398. The number of rotatable bonds is 3. The van der Waals surface area contributed by atoms with E-state index in [-0.39, 0.29) is 0 Å². The molecular weight excluding hydrogens is 194 g/mol. The molecule has 1 nitrogen and oxygen atoms in total. The van der Waals surface area contributed by atoms with Crippen molar-refractivity contribution in [2.24, 2.45) is 5.92 Å². The summed E-state index contributed by atoms with van der Waals surface area (Å²) in [6.45, 7) is 6.17. The topological polar surface area (TPSA) is 23.8 Å². The summed E-state index contributed by atoms with van der Waals surface area (Å²) in [4.78, 5) is 0. The Bertz CT molecular complexity index is 430. The van der Waals surface area contributed by atoms with Gasteiger partial charge in [-0.25, -0.2) is 0 Å². The molecule has 0 radical (unpaired) electrons. The second-order valence-corrected chi connectivity index (χ2v) is 4.17. The third-order valence-corrected chi connectivity index (χ3v) is 2.24.